The lowest BCUT2D eigenvalue weighted by Gasteiger charge is -2.29. The highest BCUT2D eigenvalue weighted by molar-refractivity contribution is 6.09. The molecule has 0 saturated heterocycles. The van der Waals surface area contributed by atoms with Crippen LogP contribution in [0.3, 0.4) is 0 Å². The molecule has 1 atom stereocenters. The first kappa shape index (κ1) is 13.6. The smallest absolute Gasteiger partial charge is 0.329 e. The Morgan fingerprint density at radius 2 is 1.89 bits per heavy atom. The van der Waals surface area contributed by atoms with Gasteiger partial charge in [-0.3, -0.25) is 14.4 Å². The molecule has 0 amide bonds. The molecule has 1 aromatic heterocycles. The van der Waals surface area contributed by atoms with E-state index in [9.17, 15) is 24.6 Å². The number of nitrogens with one attached hydrogen (secondary N) is 2. The summed E-state index contributed by atoms with van der Waals surface area (Å²) in [6.07, 6.45) is 2.04. The van der Waals surface area contributed by atoms with Gasteiger partial charge in [0.05, 0.1) is 12.0 Å². The van der Waals surface area contributed by atoms with E-state index in [2.05, 4.69) is 15.3 Å². The fourth-order valence-electron chi connectivity index (χ4n) is 1.72. The number of imidazole rings is 1. The minimum absolute atomic E-state index is 0.329. The Hall–Kier alpha value is -2.42. The van der Waals surface area contributed by atoms with Crippen LogP contribution in [0.15, 0.2) is 12.5 Å². The molecule has 9 heteroatoms. The van der Waals surface area contributed by atoms with E-state index in [0.717, 1.165) is 19.6 Å². The average Bonchev–Trinajstić information content (AvgIpc) is 2.77. The Kier molecular flexibility index (Phi) is 3.67. The summed E-state index contributed by atoms with van der Waals surface area (Å²) in [4.78, 5) is 39.6. The number of carbonyl (C=O) groups is 3. The third-order valence-corrected chi connectivity index (χ3v) is 2.57. The van der Waals surface area contributed by atoms with Gasteiger partial charge in [-0.1, -0.05) is 0 Å². The first-order valence-electron chi connectivity index (χ1n) is 4.74. The van der Waals surface area contributed by atoms with E-state index >= 15 is 0 Å². The molecule has 0 radical (unpaired) electrons. The van der Waals surface area contributed by atoms with Crippen LogP contribution in [0.4, 0.5) is 0 Å². The number of carboxylic acid groups (broad SMARTS) is 3. The van der Waals surface area contributed by atoms with Gasteiger partial charge in [-0.25, -0.2) is 4.98 Å². The second-order valence-electron chi connectivity index (χ2n) is 3.44. The molecule has 0 fully saturated rings. The Labute approximate surface area is 100 Å². The summed E-state index contributed by atoms with van der Waals surface area (Å²) >= 11 is 0. The van der Waals surface area contributed by atoms with Crippen molar-refractivity contribution >= 4 is 17.9 Å². The molecule has 1 aromatic rings. The van der Waals surface area contributed by atoms with Crippen LogP contribution in [0.25, 0.3) is 0 Å². The molecule has 1 rings (SSSR count). The zero-order valence-electron chi connectivity index (χ0n) is 9.25. The van der Waals surface area contributed by atoms with E-state index in [1.165, 1.54) is 0 Å². The molecule has 5 N–H and O–H groups in total. The van der Waals surface area contributed by atoms with Crippen LogP contribution in [0, 0.1) is 0 Å². The van der Waals surface area contributed by atoms with Crippen LogP contribution in [0.5, 0.6) is 0 Å². The topological polar surface area (TPSA) is 153 Å². The van der Waals surface area contributed by atoms with Crippen LogP contribution in [0.1, 0.15) is 5.69 Å². The van der Waals surface area contributed by atoms with Crippen molar-refractivity contribution < 1.29 is 29.7 Å². The summed E-state index contributed by atoms with van der Waals surface area (Å²) in [7, 11) is 1.16. The highest BCUT2D eigenvalue weighted by Crippen LogP contribution is 2.28. The molecule has 18 heavy (non-hydrogen) atoms. The Balaban J connectivity index is 3.55. The maximum atomic E-state index is 11.3. The fourth-order valence-corrected chi connectivity index (χ4v) is 1.72. The molecular formula is C9H11N3O6. The number of aliphatic carboxylic acids is 3. The lowest BCUT2D eigenvalue weighted by atomic mass is 9.77. The SMILES string of the molecule is CN[C@H](C(=O)O)C(C(=O)O)(C(=O)O)c1cnc[nH]1. The van der Waals surface area contributed by atoms with E-state index in [1.807, 2.05) is 0 Å². The van der Waals surface area contributed by atoms with E-state index in [-0.39, 0.29) is 5.69 Å². The standard InChI is InChI=1S/C9H11N3O6/c1-10-5(6(13)14)9(7(15)16,8(17)18)4-2-11-3-12-4/h2-3,5,10H,1H3,(H,11,12)(H,13,14)(H,15,16)(H,17,18)/t5-/m1/s1. The third-order valence-electron chi connectivity index (χ3n) is 2.57. The van der Waals surface area contributed by atoms with Gasteiger partial charge >= 0.3 is 17.9 Å². The normalized spacial score (nSPS) is 12.9. The van der Waals surface area contributed by atoms with Crippen LogP contribution in [0.2, 0.25) is 0 Å². The predicted octanol–water partition coefficient (Wildman–Crippen LogP) is -1.51. The zero-order valence-corrected chi connectivity index (χ0v) is 9.25. The van der Waals surface area contributed by atoms with Crippen LogP contribution in [-0.4, -0.2) is 56.3 Å². The summed E-state index contributed by atoms with van der Waals surface area (Å²) in [6, 6.07) is -1.85. The number of rotatable bonds is 6. The minimum atomic E-state index is -2.68. The maximum absolute atomic E-state index is 11.3. The summed E-state index contributed by atoms with van der Waals surface area (Å²) in [5.41, 5.74) is -3.01. The van der Waals surface area contributed by atoms with Crippen LogP contribution in [-0.2, 0) is 19.8 Å². The zero-order chi connectivity index (χ0) is 13.9. The summed E-state index contributed by atoms with van der Waals surface area (Å²) in [6.45, 7) is 0. The van der Waals surface area contributed by atoms with E-state index in [0.29, 0.717) is 0 Å². The number of hydrogen-bond donors (Lipinski definition) is 5. The minimum Gasteiger partial charge on any atom is -0.480 e. The molecule has 0 aliphatic carbocycles. The van der Waals surface area contributed by atoms with Crippen molar-refractivity contribution in [3.63, 3.8) is 0 Å². The van der Waals surface area contributed by atoms with Gasteiger partial charge in [0.25, 0.3) is 0 Å². The molecule has 1 heterocycles. The van der Waals surface area contributed by atoms with Gasteiger partial charge in [-0.2, -0.15) is 0 Å². The van der Waals surface area contributed by atoms with Gasteiger partial charge < -0.3 is 25.6 Å². The second-order valence-corrected chi connectivity index (χ2v) is 3.44. The first-order chi connectivity index (χ1) is 8.38. The van der Waals surface area contributed by atoms with E-state index < -0.39 is 29.4 Å². The highest BCUT2D eigenvalue weighted by atomic mass is 16.4. The first-order valence-corrected chi connectivity index (χ1v) is 4.74. The van der Waals surface area contributed by atoms with Gasteiger partial charge in [-0.15, -0.1) is 0 Å². The molecule has 0 aliphatic rings. The number of hydrogen-bond acceptors (Lipinski definition) is 5. The average molecular weight is 257 g/mol. The van der Waals surface area contributed by atoms with Crippen molar-refractivity contribution in [2.75, 3.05) is 7.05 Å². The summed E-state index contributed by atoms with van der Waals surface area (Å²) < 4.78 is 0. The molecule has 9 nitrogen and oxygen atoms in total. The lowest BCUT2D eigenvalue weighted by Crippen LogP contribution is -2.61. The number of likely N-dealkylation sites (N-methyl/N-ethyl adjacent to an activating group) is 1. The van der Waals surface area contributed by atoms with Gasteiger partial charge in [0.15, 0.2) is 0 Å². The Bertz CT molecular complexity index is 455. The molecule has 0 aliphatic heterocycles. The van der Waals surface area contributed by atoms with Crippen molar-refractivity contribution in [1.29, 1.82) is 0 Å². The van der Waals surface area contributed by atoms with Gasteiger partial charge in [-0.05, 0) is 7.05 Å². The summed E-state index contributed by atoms with van der Waals surface area (Å²) in [5.74, 6) is -5.21. The number of aromatic amines is 1. The molecule has 98 valence electrons. The van der Waals surface area contributed by atoms with Crippen molar-refractivity contribution in [3.8, 4) is 0 Å². The van der Waals surface area contributed by atoms with Gasteiger partial charge in [0.1, 0.15) is 6.04 Å². The van der Waals surface area contributed by atoms with Crippen molar-refractivity contribution in [1.82, 2.24) is 15.3 Å². The monoisotopic (exact) mass is 257 g/mol. The largest absolute Gasteiger partial charge is 0.480 e. The molecule has 0 unspecified atom stereocenters. The molecular weight excluding hydrogens is 246 g/mol. The number of H-pyrrole nitrogens is 1. The van der Waals surface area contributed by atoms with E-state index in [4.69, 9.17) is 5.11 Å². The number of nitrogens with zero attached hydrogens (tertiary/aromatic N) is 1. The van der Waals surface area contributed by atoms with Crippen LogP contribution < -0.4 is 5.32 Å². The predicted molar refractivity (Wildman–Crippen MR) is 56.0 cm³/mol. The lowest BCUT2D eigenvalue weighted by molar-refractivity contribution is -0.165. The third kappa shape index (κ3) is 1.80. The van der Waals surface area contributed by atoms with Crippen molar-refractivity contribution in [2.24, 2.45) is 0 Å². The second kappa shape index (κ2) is 4.84. The van der Waals surface area contributed by atoms with Crippen molar-refractivity contribution in [2.45, 2.75) is 11.5 Å². The fraction of sp³-hybridized carbons (Fsp3) is 0.333. The maximum Gasteiger partial charge on any atom is 0.329 e. The molecule has 0 spiro atoms. The van der Waals surface area contributed by atoms with Gasteiger partial charge in [0.2, 0.25) is 5.41 Å². The molecule has 0 aromatic carbocycles. The van der Waals surface area contributed by atoms with Gasteiger partial charge in [0, 0.05) is 6.20 Å². The quantitative estimate of drug-likeness (QED) is 0.385. The van der Waals surface area contributed by atoms with Crippen LogP contribution >= 0.6 is 0 Å². The molecule has 0 bridgehead atoms. The summed E-state index contributed by atoms with van der Waals surface area (Å²) in [5, 5.41) is 29.5. The number of aromatic nitrogens is 2. The number of carboxylic acids is 3. The highest BCUT2D eigenvalue weighted by Gasteiger charge is 2.58. The molecule has 0 saturated carbocycles. The Morgan fingerprint density at radius 3 is 2.17 bits per heavy atom. The van der Waals surface area contributed by atoms with E-state index in [1.54, 1.807) is 0 Å². The van der Waals surface area contributed by atoms with Crippen molar-refractivity contribution in [3.05, 3.63) is 18.2 Å². The Morgan fingerprint density at radius 1 is 1.33 bits per heavy atom.